The molecule has 2 heteroatoms. The van der Waals surface area contributed by atoms with Gasteiger partial charge in [-0.2, -0.15) is 0 Å². The number of likely N-dealkylation sites (tertiary alicyclic amines) is 1. The Morgan fingerprint density at radius 2 is 1.79 bits per heavy atom. The van der Waals surface area contributed by atoms with Crippen LogP contribution in [0.3, 0.4) is 0 Å². The van der Waals surface area contributed by atoms with Crippen LogP contribution >= 0.6 is 0 Å². The Hall–Kier alpha value is -0.860. The second-order valence-electron chi connectivity index (χ2n) is 6.27. The van der Waals surface area contributed by atoms with Crippen LogP contribution in [-0.2, 0) is 0 Å². The van der Waals surface area contributed by atoms with Crippen molar-refractivity contribution in [3.63, 3.8) is 0 Å². The van der Waals surface area contributed by atoms with Crippen LogP contribution in [0, 0.1) is 5.92 Å². The lowest BCUT2D eigenvalue weighted by atomic mass is 9.78. The molecule has 0 aromatic heterocycles. The lowest BCUT2D eigenvalue weighted by Crippen LogP contribution is -2.49. The van der Waals surface area contributed by atoms with Gasteiger partial charge < -0.3 is 5.73 Å². The third kappa shape index (κ3) is 3.01. The molecule has 2 aliphatic rings. The van der Waals surface area contributed by atoms with E-state index in [4.69, 9.17) is 5.73 Å². The number of rotatable bonds is 3. The molecule has 104 valence electrons. The van der Waals surface area contributed by atoms with E-state index in [1.54, 1.807) is 0 Å². The van der Waals surface area contributed by atoms with Gasteiger partial charge in [0.2, 0.25) is 0 Å². The first kappa shape index (κ1) is 13.1. The van der Waals surface area contributed by atoms with E-state index < -0.39 is 0 Å². The molecule has 0 bridgehead atoms. The summed E-state index contributed by atoms with van der Waals surface area (Å²) in [5.41, 5.74) is 7.68. The molecule has 1 heterocycles. The fourth-order valence-electron chi connectivity index (χ4n) is 4.01. The van der Waals surface area contributed by atoms with E-state index >= 15 is 0 Å². The highest BCUT2D eigenvalue weighted by Gasteiger charge is 2.33. The van der Waals surface area contributed by atoms with Crippen molar-refractivity contribution in [2.45, 2.75) is 50.6 Å². The molecule has 1 aliphatic heterocycles. The zero-order chi connectivity index (χ0) is 13.1. The number of hydrogen-bond acceptors (Lipinski definition) is 2. The molecule has 1 aliphatic carbocycles. The predicted molar refractivity (Wildman–Crippen MR) is 79.9 cm³/mol. The standard InChI is InChI=1S/C17H26N2/c18-16(14-7-2-1-3-8-14)13-19-12-6-10-15-9-4-5-11-17(15)19/h1-3,7-8,15-17H,4-6,9-13,18H2/t15-,16?,17-/m1/s1. The second kappa shape index (κ2) is 6.06. The van der Waals surface area contributed by atoms with Crippen molar-refractivity contribution in [3.8, 4) is 0 Å². The highest BCUT2D eigenvalue weighted by molar-refractivity contribution is 5.18. The van der Waals surface area contributed by atoms with Gasteiger partial charge in [-0.05, 0) is 43.7 Å². The van der Waals surface area contributed by atoms with Crippen LogP contribution in [-0.4, -0.2) is 24.0 Å². The zero-order valence-electron chi connectivity index (χ0n) is 11.8. The molecule has 3 atom stereocenters. The number of hydrogen-bond donors (Lipinski definition) is 1. The van der Waals surface area contributed by atoms with Crippen molar-refractivity contribution < 1.29 is 0 Å². The quantitative estimate of drug-likeness (QED) is 0.901. The molecule has 1 aromatic rings. The van der Waals surface area contributed by atoms with E-state index in [1.807, 2.05) is 0 Å². The molecule has 2 nitrogen and oxygen atoms in total. The smallest absolute Gasteiger partial charge is 0.0424 e. The summed E-state index contributed by atoms with van der Waals surface area (Å²) < 4.78 is 0. The van der Waals surface area contributed by atoms with Crippen LogP contribution in [0.5, 0.6) is 0 Å². The summed E-state index contributed by atoms with van der Waals surface area (Å²) in [4.78, 5) is 2.69. The predicted octanol–water partition coefficient (Wildman–Crippen LogP) is 3.34. The number of nitrogens with zero attached hydrogens (tertiary/aromatic N) is 1. The first-order valence-corrected chi connectivity index (χ1v) is 7.89. The topological polar surface area (TPSA) is 29.3 Å². The van der Waals surface area contributed by atoms with Crippen LogP contribution in [0.4, 0.5) is 0 Å². The van der Waals surface area contributed by atoms with Crippen LogP contribution in [0.15, 0.2) is 30.3 Å². The molecule has 0 spiro atoms. The van der Waals surface area contributed by atoms with Crippen molar-refractivity contribution in [1.82, 2.24) is 4.90 Å². The fraction of sp³-hybridized carbons (Fsp3) is 0.647. The molecule has 0 amide bonds. The third-order valence-corrected chi connectivity index (χ3v) is 5.02. The molecule has 1 saturated heterocycles. The Kier molecular flexibility index (Phi) is 4.19. The van der Waals surface area contributed by atoms with E-state index in [9.17, 15) is 0 Å². The van der Waals surface area contributed by atoms with Gasteiger partial charge in [-0.15, -0.1) is 0 Å². The van der Waals surface area contributed by atoms with Crippen molar-refractivity contribution in [3.05, 3.63) is 35.9 Å². The average Bonchev–Trinajstić information content (AvgIpc) is 2.48. The Balaban J connectivity index is 1.65. The molecule has 19 heavy (non-hydrogen) atoms. The third-order valence-electron chi connectivity index (χ3n) is 5.02. The van der Waals surface area contributed by atoms with Crippen molar-refractivity contribution in [2.75, 3.05) is 13.1 Å². The molecule has 2 N–H and O–H groups in total. The van der Waals surface area contributed by atoms with E-state index in [1.165, 1.54) is 50.6 Å². The van der Waals surface area contributed by atoms with Gasteiger partial charge in [0.15, 0.2) is 0 Å². The highest BCUT2D eigenvalue weighted by atomic mass is 15.2. The molecule has 0 radical (unpaired) electrons. The molecule has 1 aromatic carbocycles. The molecule has 2 fully saturated rings. The normalized spacial score (nSPS) is 29.7. The Bertz CT molecular complexity index is 388. The summed E-state index contributed by atoms with van der Waals surface area (Å²) in [5.74, 6) is 0.950. The summed E-state index contributed by atoms with van der Waals surface area (Å²) in [5, 5.41) is 0. The average molecular weight is 258 g/mol. The SMILES string of the molecule is NC(CN1CCC[C@H]2CCCC[C@H]21)c1ccccc1. The van der Waals surface area contributed by atoms with Crippen molar-refractivity contribution in [1.29, 1.82) is 0 Å². The maximum Gasteiger partial charge on any atom is 0.0424 e. The van der Waals surface area contributed by atoms with Gasteiger partial charge in [0.1, 0.15) is 0 Å². The summed E-state index contributed by atoms with van der Waals surface area (Å²) >= 11 is 0. The largest absolute Gasteiger partial charge is 0.323 e. The Labute approximate surface area is 117 Å². The highest BCUT2D eigenvalue weighted by Crippen LogP contribution is 2.35. The van der Waals surface area contributed by atoms with E-state index in [2.05, 4.69) is 35.2 Å². The first-order valence-electron chi connectivity index (χ1n) is 7.89. The monoisotopic (exact) mass is 258 g/mol. The second-order valence-corrected chi connectivity index (χ2v) is 6.27. The van der Waals surface area contributed by atoms with Gasteiger partial charge in [0.05, 0.1) is 0 Å². The van der Waals surface area contributed by atoms with Crippen LogP contribution in [0.2, 0.25) is 0 Å². The van der Waals surface area contributed by atoms with Crippen LogP contribution in [0.25, 0.3) is 0 Å². The van der Waals surface area contributed by atoms with Gasteiger partial charge in [-0.1, -0.05) is 43.2 Å². The van der Waals surface area contributed by atoms with Crippen molar-refractivity contribution in [2.24, 2.45) is 11.7 Å². The number of benzene rings is 1. The van der Waals surface area contributed by atoms with E-state index in [0.29, 0.717) is 0 Å². The first-order chi connectivity index (χ1) is 9.34. The number of piperidine rings is 1. The van der Waals surface area contributed by atoms with Crippen molar-refractivity contribution >= 4 is 0 Å². The minimum absolute atomic E-state index is 0.168. The van der Waals surface area contributed by atoms with E-state index in [0.717, 1.165) is 18.5 Å². The van der Waals surface area contributed by atoms with Gasteiger partial charge in [0, 0.05) is 18.6 Å². The molecule has 3 rings (SSSR count). The maximum absolute atomic E-state index is 6.41. The number of nitrogens with two attached hydrogens (primary N) is 1. The van der Waals surface area contributed by atoms with E-state index in [-0.39, 0.29) is 6.04 Å². The lowest BCUT2D eigenvalue weighted by molar-refractivity contribution is 0.0561. The fourth-order valence-corrected chi connectivity index (χ4v) is 4.01. The summed E-state index contributed by atoms with van der Waals surface area (Å²) in [7, 11) is 0. The molecule has 1 saturated carbocycles. The Morgan fingerprint density at radius 1 is 1.05 bits per heavy atom. The molecular weight excluding hydrogens is 232 g/mol. The Morgan fingerprint density at radius 3 is 2.63 bits per heavy atom. The van der Waals surface area contributed by atoms with Crippen LogP contribution < -0.4 is 5.73 Å². The zero-order valence-corrected chi connectivity index (χ0v) is 11.8. The van der Waals surface area contributed by atoms with Gasteiger partial charge in [-0.3, -0.25) is 4.90 Å². The molecular formula is C17H26N2. The lowest BCUT2D eigenvalue weighted by Gasteiger charge is -2.45. The van der Waals surface area contributed by atoms with Gasteiger partial charge in [-0.25, -0.2) is 0 Å². The summed E-state index contributed by atoms with van der Waals surface area (Å²) in [6.07, 6.45) is 8.51. The number of fused-ring (bicyclic) bond motifs is 1. The van der Waals surface area contributed by atoms with Crippen LogP contribution in [0.1, 0.15) is 50.1 Å². The molecule has 1 unspecified atom stereocenters. The van der Waals surface area contributed by atoms with Gasteiger partial charge >= 0.3 is 0 Å². The minimum Gasteiger partial charge on any atom is -0.323 e. The maximum atomic E-state index is 6.41. The summed E-state index contributed by atoms with van der Waals surface area (Å²) in [6, 6.07) is 11.6. The summed E-state index contributed by atoms with van der Waals surface area (Å²) in [6.45, 7) is 2.28. The van der Waals surface area contributed by atoms with Gasteiger partial charge in [0.25, 0.3) is 0 Å². The minimum atomic E-state index is 0.168.